The second kappa shape index (κ2) is 6.02. The molecule has 1 heterocycles. The lowest BCUT2D eigenvalue weighted by molar-refractivity contribution is -0.146. The molecule has 114 valence electrons. The number of likely N-dealkylation sites (tertiary alicyclic amines) is 1. The van der Waals surface area contributed by atoms with Gasteiger partial charge in [0.05, 0.1) is 5.41 Å². The van der Waals surface area contributed by atoms with E-state index in [1.165, 1.54) is 32.1 Å². The Morgan fingerprint density at radius 1 is 1.30 bits per heavy atom. The van der Waals surface area contributed by atoms with Gasteiger partial charge in [0.2, 0.25) is 0 Å². The number of amides is 2. The predicted octanol–water partition coefficient (Wildman–Crippen LogP) is 2.46. The Labute approximate surface area is 120 Å². The van der Waals surface area contributed by atoms with Gasteiger partial charge < -0.3 is 15.3 Å². The molecule has 2 fully saturated rings. The largest absolute Gasteiger partial charge is 0.481 e. The minimum atomic E-state index is -0.812. The Morgan fingerprint density at radius 2 is 1.95 bits per heavy atom. The number of hydrogen-bond acceptors (Lipinski definition) is 2. The predicted molar refractivity (Wildman–Crippen MR) is 76.5 cm³/mol. The molecular formula is C15H26N2O3. The molecule has 2 atom stereocenters. The van der Waals surface area contributed by atoms with Crippen LogP contribution in [0.3, 0.4) is 0 Å². The van der Waals surface area contributed by atoms with Gasteiger partial charge in [-0.2, -0.15) is 0 Å². The first-order valence-electron chi connectivity index (χ1n) is 7.71. The highest BCUT2D eigenvalue weighted by atomic mass is 16.4. The van der Waals surface area contributed by atoms with Crippen molar-refractivity contribution < 1.29 is 14.7 Å². The minimum Gasteiger partial charge on any atom is -0.481 e. The third-order valence-corrected chi connectivity index (χ3v) is 4.98. The van der Waals surface area contributed by atoms with Gasteiger partial charge in [-0.05, 0) is 39.0 Å². The maximum absolute atomic E-state index is 12.2. The van der Waals surface area contributed by atoms with E-state index in [1.54, 1.807) is 11.8 Å². The standard InChI is InChI=1S/C15H26N2O3/c1-11(12-6-4-3-5-7-12)16-14(20)17-9-8-15(2,10-17)13(18)19/h11-12H,3-10H2,1-2H3,(H,16,20)(H,18,19). The summed E-state index contributed by atoms with van der Waals surface area (Å²) in [5.74, 6) is -0.241. The minimum absolute atomic E-state index is 0.104. The lowest BCUT2D eigenvalue weighted by atomic mass is 9.84. The molecule has 0 aromatic heterocycles. The molecule has 0 aromatic carbocycles. The summed E-state index contributed by atoms with van der Waals surface area (Å²) >= 11 is 0. The summed E-state index contributed by atoms with van der Waals surface area (Å²) in [6.45, 7) is 4.63. The summed E-state index contributed by atoms with van der Waals surface area (Å²) in [5.41, 5.74) is -0.786. The van der Waals surface area contributed by atoms with Crippen molar-refractivity contribution in [2.24, 2.45) is 11.3 Å². The fourth-order valence-corrected chi connectivity index (χ4v) is 3.35. The molecule has 5 heteroatoms. The number of rotatable bonds is 3. The molecule has 0 aromatic rings. The molecule has 5 nitrogen and oxygen atoms in total. The third-order valence-electron chi connectivity index (χ3n) is 4.98. The van der Waals surface area contributed by atoms with Gasteiger partial charge >= 0.3 is 12.0 Å². The summed E-state index contributed by atoms with van der Waals surface area (Å²) in [5, 5.41) is 12.3. The summed E-state index contributed by atoms with van der Waals surface area (Å²) in [6, 6.07) is 0.0764. The summed E-state index contributed by atoms with van der Waals surface area (Å²) in [4.78, 5) is 25.1. The van der Waals surface area contributed by atoms with Crippen LogP contribution < -0.4 is 5.32 Å². The van der Waals surface area contributed by atoms with E-state index in [1.807, 2.05) is 0 Å². The Kier molecular flexibility index (Phi) is 4.55. The van der Waals surface area contributed by atoms with Gasteiger partial charge in [-0.3, -0.25) is 4.79 Å². The van der Waals surface area contributed by atoms with Crippen molar-refractivity contribution in [3.8, 4) is 0 Å². The van der Waals surface area contributed by atoms with Crippen molar-refractivity contribution in [3.05, 3.63) is 0 Å². The first-order chi connectivity index (χ1) is 9.42. The van der Waals surface area contributed by atoms with Crippen molar-refractivity contribution in [3.63, 3.8) is 0 Å². The van der Waals surface area contributed by atoms with Crippen LogP contribution in [-0.4, -0.2) is 41.1 Å². The molecule has 1 aliphatic carbocycles. The van der Waals surface area contributed by atoms with Crippen LogP contribution >= 0.6 is 0 Å². The molecule has 1 saturated carbocycles. The van der Waals surface area contributed by atoms with Gasteiger partial charge in [0.25, 0.3) is 0 Å². The zero-order chi connectivity index (χ0) is 14.8. The van der Waals surface area contributed by atoms with E-state index in [0.717, 1.165) is 0 Å². The molecule has 1 aliphatic heterocycles. The zero-order valence-corrected chi connectivity index (χ0v) is 12.5. The van der Waals surface area contributed by atoms with E-state index >= 15 is 0 Å². The fourth-order valence-electron chi connectivity index (χ4n) is 3.35. The summed E-state index contributed by atoms with van der Waals surface area (Å²) in [6.07, 6.45) is 6.73. The Bertz CT molecular complexity index is 379. The van der Waals surface area contributed by atoms with Crippen LogP contribution in [0.2, 0.25) is 0 Å². The number of aliphatic carboxylic acids is 1. The van der Waals surface area contributed by atoms with Gasteiger partial charge in [0.15, 0.2) is 0 Å². The number of nitrogens with zero attached hydrogens (tertiary/aromatic N) is 1. The van der Waals surface area contributed by atoms with Crippen molar-refractivity contribution in [2.75, 3.05) is 13.1 Å². The highest BCUT2D eigenvalue weighted by molar-refractivity contribution is 5.79. The van der Waals surface area contributed by atoms with Gasteiger partial charge in [0, 0.05) is 19.1 Å². The molecule has 2 N–H and O–H groups in total. The molecule has 2 unspecified atom stereocenters. The van der Waals surface area contributed by atoms with Crippen LogP contribution in [-0.2, 0) is 4.79 Å². The smallest absolute Gasteiger partial charge is 0.317 e. The molecule has 20 heavy (non-hydrogen) atoms. The van der Waals surface area contributed by atoms with Crippen molar-refractivity contribution in [1.82, 2.24) is 10.2 Å². The number of carboxylic acid groups (broad SMARTS) is 1. The number of urea groups is 1. The number of carbonyl (C=O) groups is 2. The summed E-state index contributed by atoms with van der Waals surface area (Å²) < 4.78 is 0. The van der Waals surface area contributed by atoms with Gasteiger partial charge in [-0.15, -0.1) is 0 Å². The van der Waals surface area contributed by atoms with E-state index in [9.17, 15) is 14.7 Å². The molecule has 1 saturated heterocycles. The number of nitrogens with one attached hydrogen (secondary N) is 1. The average molecular weight is 282 g/mol. The van der Waals surface area contributed by atoms with Crippen LogP contribution in [0.4, 0.5) is 4.79 Å². The van der Waals surface area contributed by atoms with Crippen molar-refractivity contribution >= 4 is 12.0 Å². The maximum Gasteiger partial charge on any atom is 0.317 e. The second-order valence-electron chi connectivity index (χ2n) is 6.67. The molecular weight excluding hydrogens is 256 g/mol. The first-order valence-corrected chi connectivity index (χ1v) is 7.71. The van der Waals surface area contributed by atoms with E-state index < -0.39 is 11.4 Å². The van der Waals surface area contributed by atoms with E-state index in [0.29, 0.717) is 25.4 Å². The normalized spacial score (nSPS) is 29.2. The molecule has 2 amide bonds. The van der Waals surface area contributed by atoms with E-state index in [-0.39, 0.29) is 12.1 Å². The SMILES string of the molecule is CC(NC(=O)N1CCC(C)(C(=O)O)C1)C1CCCCC1. The average Bonchev–Trinajstić information content (AvgIpc) is 2.84. The monoisotopic (exact) mass is 282 g/mol. The maximum atomic E-state index is 12.2. The lowest BCUT2D eigenvalue weighted by Gasteiger charge is -2.30. The van der Waals surface area contributed by atoms with E-state index in [2.05, 4.69) is 12.2 Å². The van der Waals surface area contributed by atoms with Gasteiger partial charge in [0.1, 0.15) is 0 Å². The molecule has 0 radical (unpaired) electrons. The van der Waals surface area contributed by atoms with Crippen molar-refractivity contribution in [2.45, 2.75) is 58.4 Å². The van der Waals surface area contributed by atoms with Crippen LogP contribution in [0.25, 0.3) is 0 Å². The molecule has 0 bridgehead atoms. The highest BCUT2D eigenvalue weighted by Gasteiger charge is 2.42. The first kappa shape index (κ1) is 15.1. The number of hydrogen-bond donors (Lipinski definition) is 2. The molecule has 2 aliphatic rings. The van der Waals surface area contributed by atoms with Gasteiger partial charge in [-0.1, -0.05) is 19.3 Å². The third kappa shape index (κ3) is 3.25. The van der Waals surface area contributed by atoms with Crippen LogP contribution in [0.5, 0.6) is 0 Å². The highest BCUT2D eigenvalue weighted by Crippen LogP contribution is 2.30. The zero-order valence-electron chi connectivity index (χ0n) is 12.5. The van der Waals surface area contributed by atoms with Crippen LogP contribution in [0.1, 0.15) is 52.4 Å². The quantitative estimate of drug-likeness (QED) is 0.835. The lowest BCUT2D eigenvalue weighted by Crippen LogP contribution is -2.46. The van der Waals surface area contributed by atoms with Gasteiger partial charge in [-0.25, -0.2) is 4.79 Å². The van der Waals surface area contributed by atoms with E-state index in [4.69, 9.17) is 0 Å². The Hall–Kier alpha value is -1.26. The Morgan fingerprint density at radius 3 is 2.50 bits per heavy atom. The number of carbonyl (C=O) groups excluding carboxylic acids is 1. The van der Waals surface area contributed by atoms with Crippen LogP contribution in [0, 0.1) is 11.3 Å². The number of carboxylic acids is 1. The molecule has 2 rings (SSSR count). The fraction of sp³-hybridized carbons (Fsp3) is 0.867. The molecule has 0 spiro atoms. The Balaban J connectivity index is 1.84. The second-order valence-corrected chi connectivity index (χ2v) is 6.67. The summed E-state index contributed by atoms with van der Waals surface area (Å²) in [7, 11) is 0. The topological polar surface area (TPSA) is 69.6 Å². The van der Waals surface area contributed by atoms with Crippen LogP contribution in [0.15, 0.2) is 0 Å². The van der Waals surface area contributed by atoms with Crippen molar-refractivity contribution in [1.29, 1.82) is 0 Å².